The number of nitro benzene ring substituents is 2. The molecule has 3 aromatic rings. The lowest BCUT2D eigenvalue weighted by Gasteiger charge is -2.30. The lowest BCUT2D eigenvalue weighted by Crippen LogP contribution is -2.31. The number of aryl methyl sites for hydroxylation is 1. The van der Waals surface area contributed by atoms with Crippen molar-refractivity contribution in [3.05, 3.63) is 85.6 Å². The molecule has 146 valence electrons. The second kappa shape index (κ2) is 7.27. The van der Waals surface area contributed by atoms with E-state index in [9.17, 15) is 20.2 Å². The lowest BCUT2D eigenvalue weighted by atomic mass is 9.99. The molecule has 0 fully saturated rings. The minimum atomic E-state index is -0.450. The van der Waals surface area contributed by atoms with Crippen molar-refractivity contribution < 1.29 is 9.85 Å². The second-order valence-electron chi connectivity index (χ2n) is 6.88. The first kappa shape index (κ1) is 18.5. The van der Waals surface area contributed by atoms with Crippen LogP contribution in [0.3, 0.4) is 0 Å². The van der Waals surface area contributed by atoms with Gasteiger partial charge in [-0.25, -0.2) is 9.97 Å². The van der Waals surface area contributed by atoms with E-state index in [1.165, 1.54) is 18.2 Å². The van der Waals surface area contributed by atoms with Gasteiger partial charge in [0.1, 0.15) is 5.82 Å². The lowest BCUT2D eigenvalue weighted by molar-refractivity contribution is -0.385. The van der Waals surface area contributed by atoms with E-state index in [-0.39, 0.29) is 11.4 Å². The van der Waals surface area contributed by atoms with Crippen molar-refractivity contribution in [3.63, 3.8) is 0 Å². The van der Waals surface area contributed by atoms with E-state index < -0.39 is 9.85 Å². The number of non-ortho nitro benzene ring substituents is 2. The van der Waals surface area contributed by atoms with Gasteiger partial charge in [-0.1, -0.05) is 18.2 Å². The van der Waals surface area contributed by atoms with Crippen LogP contribution in [0, 0.1) is 27.2 Å². The Balaban J connectivity index is 1.68. The standard InChI is InChI=1S/C20H17N5O4/c1-13-9-19(22-20(21-13)15-3-2-4-17(10-15)24(26)27)23-8-7-14-5-6-18(25(28)29)11-16(14)12-23/h2-6,9-11H,7-8,12H2,1H3. The third kappa shape index (κ3) is 3.75. The van der Waals surface area contributed by atoms with Crippen LogP contribution in [0.25, 0.3) is 11.4 Å². The highest BCUT2D eigenvalue weighted by molar-refractivity contribution is 5.61. The highest BCUT2D eigenvalue weighted by atomic mass is 16.6. The van der Waals surface area contributed by atoms with Crippen molar-refractivity contribution >= 4 is 17.2 Å². The fraction of sp³-hybridized carbons (Fsp3) is 0.200. The van der Waals surface area contributed by atoms with E-state index >= 15 is 0 Å². The van der Waals surface area contributed by atoms with Crippen LogP contribution in [0.1, 0.15) is 16.8 Å². The van der Waals surface area contributed by atoms with Crippen molar-refractivity contribution in [2.24, 2.45) is 0 Å². The summed E-state index contributed by atoms with van der Waals surface area (Å²) < 4.78 is 0. The average molecular weight is 391 g/mol. The number of hydrogen-bond acceptors (Lipinski definition) is 7. The molecular weight excluding hydrogens is 374 g/mol. The Hall–Kier alpha value is -3.88. The minimum absolute atomic E-state index is 0.0200. The van der Waals surface area contributed by atoms with Crippen LogP contribution < -0.4 is 4.90 Å². The van der Waals surface area contributed by atoms with Gasteiger partial charge < -0.3 is 4.90 Å². The Kier molecular flexibility index (Phi) is 4.63. The molecule has 0 unspecified atom stereocenters. The van der Waals surface area contributed by atoms with E-state index in [0.29, 0.717) is 23.8 Å². The molecule has 0 atom stereocenters. The van der Waals surface area contributed by atoms with Gasteiger partial charge in [0.15, 0.2) is 5.82 Å². The maximum absolute atomic E-state index is 11.1. The summed E-state index contributed by atoms with van der Waals surface area (Å²) in [6.07, 6.45) is 0.753. The number of rotatable bonds is 4. The number of hydrogen-bond donors (Lipinski definition) is 0. The van der Waals surface area contributed by atoms with E-state index in [2.05, 4.69) is 9.97 Å². The molecule has 2 aromatic carbocycles. The van der Waals surface area contributed by atoms with Gasteiger partial charge in [-0.3, -0.25) is 20.2 Å². The molecule has 0 N–H and O–H groups in total. The van der Waals surface area contributed by atoms with E-state index in [4.69, 9.17) is 0 Å². The molecule has 9 heteroatoms. The van der Waals surface area contributed by atoms with Crippen molar-refractivity contribution in [1.29, 1.82) is 0 Å². The summed E-state index contributed by atoms with van der Waals surface area (Å²) in [6, 6.07) is 13.0. The molecular formula is C20H17N5O4. The molecule has 29 heavy (non-hydrogen) atoms. The normalized spacial score (nSPS) is 13.1. The van der Waals surface area contributed by atoms with E-state index in [1.807, 2.05) is 24.0 Å². The Morgan fingerprint density at radius 2 is 1.69 bits per heavy atom. The topological polar surface area (TPSA) is 115 Å². The quantitative estimate of drug-likeness (QED) is 0.490. The SMILES string of the molecule is Cc1cc(N2CCc3ccc([N+](=O)[O-])cc3C2)nc(-c2cccc([N+](=O)[O-])c2)n1. The summed E-state index contributed by atoms with van der Waals surface area (Å²) in [7, 11) is 0. The molecule has 1 aliphatic rings. The van der Waals surface area contributed by atoms with Gasteiger partial charge >= 0.3 is 0 Å². The van der Waals surface area contributed by atoms with Gasteiger partial charge in [0.25, 0.3) is 11.4 Å². The van der Waals surface area contributed by atoms with Crippen LogP contribution in [0.4, 0.5) is 17.2 Å². The summed E-state index contributed by atoms with van der Waals surface area (Å²) in [5.41, 5.74) is 3.35. The Bertz CT molecular complexity index is 1130. The Morgan fingerprint density at radius 1 is 0.931 bits per heavy atom. The molecule has 0 radical (unpaired) electrons. The first-order valence-electron chi connectivity index (χ1n) is 9.02. The van der Waals surface area contributed by atoms with Crippen LogP contribution in [-0.4, -0.2) is 26.4 Å². The van der Waals surface area contributed by atoms with Gasteiger partial charge in [0.05, 0.1) is 9.85 Å². The second-order valence-corrected chi connectivity index (χ2v) is 6.88. The Labute approximate surface area is 166 Å². The van der Waals surface area contributed by atoms with Crippen molar-refractivity contribution in [3.8, 4) is 11.4 Å². The summed E-state index contributed by atoms with van der Waals surface area (Å²) in [4.78, 5) is 32.4. The maximum atomic E-state index is 11.1. The number of anilines is 1. The highest BCUT2D eigenvalue weighted by Crippen LogP contribution is 2.28. The van der Waals surface area contributed by atoms with E-state index in [0.717, 1.165) is 29.8 Å². The van der Waals surface area contributed by atoms with Crippen LogP contribution in [0.2, 0.25) is 0 Å². The fourth-order valence-corrected chi connectivity index (χ4v) is 3.45. The zero-order chi connectivity index (χ0) is 20.5. The van der Waals surface area contributed by atoms with Crippen LogP contribution in [0.15, 0.2) is 48.5 Å². The molecule has 0 saturated heterocycles. The third-order valence-corrected chi connectivity index (χ3v) is 4.89. The summed E-state index contributed by atoms with van der Waals surface area (Å²) in [5.74, 6) is 1.10. The van der Waals surface area contributed by atoms with Crippen molar-refractivity contribution in [2.75, 3.05) is 11.4 Å². The largest absolute Gasteiger partial charge is 0.352 e. The number of benzene rings is 2. The highest BCUT2D eigenvalue weighted by Gasteiger charge is 2.21. The van der Waals surface area contributed by atoms with Crippen molar-refractivity contribution in [1.82, 2.24) is 9.97 Å². The average Bonchev–Trinajstić information content (AvgIpc) is 2.72. The minimum Gasteiger partial charge on any atom is -0.352 e. The molecule has 9 nitrogen and oxygen atoms in total. The van der Waals surface area contributed by atoms with Crippen LogP contribution in [0.5, 0.6) is 0 Å². The summed E-state index contributed by atoms with van der Waals surface area (Å²) in [5, 5.41) is 22.1. The predicted octanol–water partition coefficient (Wildman–Crippen LogP) is 3.83. The van der Waals surface area contributed by atoms with Crippen molar-refractivity contribution in [2.45, 2.75) is 19.9 Å². The molecule has 0 spiro atoms. The zero-order valence-electron chi connectivity index (χ0n) is 15.6. The first-order valence-corrected chi connectivity index (χ1v) is 9.02. The number of nitrogens with zero attached hydrogens (tertiary/aromatic N) is 5. The number of nitro groups is 2. The smallest absolute Gasteiger partial charge is 0.270 e. The maximum Gasteiger partial charge on any atom is 0.270 e. The molecule has 4 rings (SSSR count). The predicted molar refractivity (Wildman–Crippen MR) is 107 cm³/mol. The fourth-order valence-electron chi connectivity index (χ4n) is 3.45. The first-order chi connectivity index (χ1) is 13.9. The molecule has 0 aliphatic carbocycles. The molecule has 0 saturated carbocycles. The zero-order valence-corrected chi connectivity index (χ0v) is 15.6. The summed E-state index contributed by atoms with van der Waals surface area (Å²) >= 11 is 0. The van der Waals surface area contributed by atoms with Gasteiger partial charge in [0.2, 0.25) is 0 Å². The van der Waals surface area contributed by atoms with Gasteiger partial charge in [0, 0.05) is 54.7 Å². The van der Waals surface area contributed by atoms with Gasteiger partial charge in [-0.15, -0.1) is 0 Å². The number of fused-ring (bicyclic) bond motifs is 1. The molecule has 1 aromatic heterocycles. The van der Waals surface area contributed by atoms with E-state index in [1.54, 1.807) is 18.2 Å². The van der Waals surface area contributed by atoms with Crippen LogP contribution >= 0.6 is 0 Å². The van der Waals surface area contributed by atoms with Crippen LogP contribution in [-0.2, 0) is 13.0 Å². The molecule has 0 amide bonds. The monoisotopic (exact) mass is 391 g/mol. The molecule has 1 aliphatic heterocycles. The number of aromatic nitrogens is 2. The molecule has 0 bridgehead atoms. The third-order valence-electron chi connectivity index (χ3n) is 4.89. The van der Waals surface area contributed by atoms with Gasteiger partial charge in [-0.05, 0) is 24.5 Å². The summed E-state index contributed by atoms with van der Waals surface area (Å²) in [6.45, 7) is 3.06. The Morgan fingerprint density at radius 3 is 2.45 bits per heavy atom. The molecule has 2 heterocycles. The van der Waals surface area contributed by atoms with Gasteiger partial charge in [-0.2, -0.15) is 0 Å².